The van der Waals surface area contributed by atoms with Crippen molar-refractivity contribution in [2.24, 2.45) is 5.73 Å². The maximum atomic E-state index is 5.51. The second-order valence-corrected chi connectivity index (χ2v) is 3.92. The SMILES string of the molecule is COc1cc(CC(N)=S)c(C)cc1C. The van der Waals surface area contributed by atoms with Crippen LogP contribution >= 0.6 is 12.2 Å². The number of thiocarbonyl (C=S) groups is 1. The van der Waals surface area contributed by atoms with Crippen LogP contribution in [0.5, 0.6) is 5.75 Å². The molecule has 0 amide bonds. The molecule has 0 spiro atoms. The molecule has 2 N–H and O–H groups in total. The Balaban J connectivity index is 3.10. The van der Waals surface area contributed by atoms with Gasteiger partial charge in [-0.2, -0.15) is 0 Å². The van der Waals surface area contributed by atoms with Gasteiger partial charge in [-0.05, 0) is 36.6 Å². The Bertz CT molecular complexity index is 361. The van der Waals surface area contributed by atoms with Crippen LogP contribution in [0, 0.1) is 13.8 Å². The Morgan fingerprint density at radius 3 is 2.50 bits per heavy atom. The van der Waals surface area contributed by atoms with Crippen LogP contribution in [0.1, 0.15) is 16.7 Å². The summed E-state index contributed by atoms with van der Waals surface area (Å²) in [6, 6.07) is 4.09. The molecule has 0 aliphatic heterocycles. The lowest BCUT2D eigenvalue weighted by Crippen LogP contribution is -2.12. The summed E-state index contributed by atoms with van der Waals surface area (Å²) < 4.78 is 5.24. The average molecular weight is 209 g/mol. The normalized spacial score (nSPS) is 9.93. The van der Waals surface area contributed by atoms with E-state index in [-0.39, 0.29) is 0 Å². The molecule has 1 aromatic rings. The van der Waals surface area contributed by atoms with Gasteiger partial charge >= 0.3 is 0 Å². The van der Waals surface area contributed by atoms with Crippen molar-refractivity contribution in [1.82, 2.24) is 0 Å². The molecule has 0 fully saturated rings. The Morgan fingerprint density at radius 1 is 1.36 bits per heavy atom. The van der Waals surface area contributed by atoms with Crippen LogP contribution < -0.4 is 10.5 Å². The van der Waals surface area contributed by atoms with Crippen molar-refractivity contribution >= 4 is 17.2 Å². The molecular weight excluding hydrogens is 194 g/mol. The number of hydrogen-bond donors (Lipinski definition) is 1. The highest BCUT2D eigenvalue weighted by Crippen LogP contribution is 2.22. The summed E-state index contributed by atoms with van der Waals surface area (Å²) >= 11 is 4.89. The third-order valence-electron chi connectivity index (χ3n) is 2.22. The Labute approximate surface area is 90.1 Å². The molecule has 0 aliphatic carbocycles. The van der Waals surface area contributed by atoms with E-state index >= 15 is 0 Å². The van der Waals surface area contributed by atoms with Crippen LogP contribution in [0.25, 0.3) is 0 Å². The van der Waals surface area contributed by atoms with Gasteiger partial charge in [-0.15, -0.1) is 0 Å². The minimum atomic E-state index is 0.513. The van der Waals surface area contributed by atoms with E-state index in [1.807, 2.05) is 13.0 Å². The zero-order valence-electron chi connectivity index (χ0n) is 8.76. The summed E-state index contributed by atoms with van der Waals surface area (Å²) in [5.74, 6) is 0.891. The van der Waals surface area contributed by atoms with E-state index in [0.29, 0.717) is 11.4 Å². The minimum absolute atomic E-state index is 0.513. The fourth-order valence-corrected chi connectivity index (χ4v) is 1.63. The molecule has 14 heavy (non-hydrogen) atoms. The van der Waals surface area contributed by atoms with E-state index in [1.165, 1.54) is 5.56 Å². The zero-order valence-corrected chi connectivity index (χ0v) is 9.57. The lowest BCUT2D eigenvalue weighted by Gasteiger charge is -2.10. The van der Waals surface area contributed by atoms with Gasteiger partial charge in [0, 0.05) is 6.42 Å². The van der Waals surface area contributed by atoms with Crippen LogP contribution in [0.15, 0.2) is 12.1 Å². The summed E-state index contributed by atoms with van der Waals surface area (Å²) in [7, 11) is 1.67. The maximum Gasteiger partial charge on any atom is 0.122 e. The van der Waals surface area contributed by atoms with Gasteiger partial charge < -0.3 is 10.5 Å². The van der Waals surface area contributed by atoms with Crippen LogP contribution in [-0.2, 0) is 6.42 Å². The summed E-state index contributed by atoms with van der Waals surface area (Å²) in [5.41, 5.74) is 8.99. The molecule has 0 aromatic heterocycles. The van der Waals surface area contributed by atoms with Crippen LogP contribution in [-0.4, -0.2) is 12.1 Å². The van der Waals surface area contributed by atoms with E-state index in [0.717, 1.165) is 16.9 Å². The maximum absolute atomic E-state index is 5.51. The molecule has 0 atom stereocenters. The van der Waals surface area contributed by atoms with Crippen molar-refractivity contribution in [2.45, 2.75) is 20.3 Å². The molecular formula is C11H15NOS. The number of benzene rings is 1. The van der Waals surface area contributed by atoms with Gasteiger partial charge in [0.05, 0.1) is 12.1 Å². The van der Waals surface area contributed by atoms with Crippen molar-refractivity contribution in [3.63, 3.8) is 0 Å². The number of ether oxygens (including phenoxy) is 1. The molecule has 0 saturated heterocycles. The van der Waals surface area contributed by atoms with E-state index in [1.54, 1.807) is 7.11 Å². The van der Waals surface area contributed by atoms with E-state index in [4.69, 9.17) is 22.7 Å². The molecule has 2 nitrogen and oxygen atoms in total. The van der Waals surface area contributed by atoms with Gasteiger partial charge in [0.2, 0.25) is 0 Å². The second-order valence-electron chi connectivity index (χ2n) is 3.39. The van der Waals surface area contributed by atoms with Crippen LogP contribution in [0.3, 0.4) is 0 Å². The quantitative estimate of drug-likeness (QED) is 0.775. The fourth-order valence-electron chi connectivity index (χ4n) is 1.47. The molecule has 76 valence electrons. The first kappa shape index (κ1) is 11.0. The van der Waals surface area contributed by atoms with Gasteiger partial charge in [-0.25, -0.2) is 0 Å². The van der Waals surface area contributed by atoms with Gasteiger partial charge in [-0.3, -0.25) is 0 Å². The van der Waals surface area contributed by atoms with E-state index in [2.05, 4.69) is 13.0 Å². The predicted molar refractivity (Wildman–Crippen MR) is 63.0 cm³/mol. The zero-order chi connectivity index (χ0) is 10.7. The Hall–Kier alpha value is -1.09. The third-order valence-corrected chi connectivity index (χ3v) is 2.36. The molecule has 0 saturated carbocycles. The Kier molecular flexibility index (Phi) is 3.47. The molecule has 0 aliphatic rings. The number of nitrogens with two attached hydrogens (primary N) is 1. The average Bonchev–Trinajstić information content (AvgIpc) is 2.09. The summed E-state index contributed by atoms with van der Waals surface area (Å²) in [4.78, 5) is 0.513. The van der Waals surface area contributed by atoms with Crippen LogP contribution in [0.2, 0.25) is 0 Å². The highest BCUT2D eigenvalue weighted by molar-refractivity contribution is 7.80. The summed E-state index contributed by atoms with van der Waals surface area (Å²) in [5, 5.41) is 0. The van der Waals surface area contributed by atoms with Crippen LogP contribution in [0.4, 0.5) is 0 Å². The predicted octanol–water partition coefficient (Wildman–Crippen LogP) is 2.14. The highest BCUT2D eigenvalue weighted by atomic mass is 32.1. The number of aryl methyl sites for hydroxylation is 2. The molecule has 3 heteroatoms. The lowest BCUT2D eigenvalue weighted by atomic mass is 10.0. The highest BCUT2D eigenvalue weighted by Gasteiger charge is 2.05. The first-order valence-electron chi connectivity index (χ1n) is 4.47. The minimum Gasteiger partial charge on any atom is -0.496 e. The number of methoxy groups -OCH3 is 1. The monoisotopic (exact) mass is 209 g/mol. The first-order chi connectivity index (χ1) is 6.54. The van der Waals surface area contributed by atoms with Crippen molar-refractivity contribution in [3.05, 3.63) is 28.8 Å². The smallest absolute Gasteiger partial charge is 0.122 e. The topological polar surface area (TPSA) is 35.2 Å². The van der Waals surface area contributed by atoms with Gasteiger partial charge in [0.15, 0.2) is 0 Å². The first-order valence-corrected chi connectivity index (χ1v) is 4.88. The van der Waals surface area contributed by atoms with E-state index in [9.17, 15) is 0 Å². The van der Waals surface area contributed by atoms with Gasteiger partial charge in [0.1, 0.15) is 5.75 Å². The third kappa shape index (κ3) is 2.45. The molecule has 0 heterocycles. The number of hydrogen-bond acceptors (Lipinski definition) is 2. The van der Waals surface area contributed by atoms with Crippen molar-refractivity contribution in [1.29, 1.82) is 0 Å². The molecule has 1 aromatic carbocycles. The Morgan fingerprint density at radius 2 is 2.00 bits per heavy atom. The second kappa shape index (κ2) is 4.42. The van der Waals surface area contributed by atoms with E-state index < -0.39 is 0 Å². The molecule has 0 bridgehead atoms. The van der Waals surface area contributed by atoms with Gasteiger partial charge in [-0.1, -0.05) is 18.3 Å². The lowest BCUT2D eigenvalue weighted by molar-refractivity contribution is 0.411. The van der Waals surface area contributed by atoms with Crippen molar-refractivity contribution < 1.29 is 4.74 Å². The largest absolute Gasteiger partial charge is 0.496 e. The van der Waals surface area contributed by atoms with Gasteiger partial charge in [0.25, 0.3) is 0 Å². The molecule has 1 rings (SSSR count). The standard InChI is InChI=1S/C11H15NOS/c1-7-4-8(2)10(13-3)5-9(7)6-11(12)14/h4-5H,6H2,1-3H3,(H2,12,14). The summed E-state index contributed by atoms with van der Waals surface area (Å²) in [6.07, 6.45) is 0.637. The fraction of sp³-hybridized carbons (Fsp3) is 0.364. The van der Waals surface area contributed by atoms with Crippen molar-refractivity contribution in [2.75, 3.05) is 7.11 Å². The molecule has 0 unspecified atom stereocenters. The van der Waals surface area contributed by atoms with Crippen molar-refractivity contribution in [3.8, 4) is 5.75 Å². The summed E-state index contributed by atoms with van der Waals surface area (Å²) in [6.45, 7) is 4.08. The number of rotatable bonds is 3. The molecule has 0 radical (unpaired) electrons.